The van der Waals surface area contributed by atoms with E-state index in [2.05, 4.69) is 30.7 Å². The van der Waals surface area contributed by atoms with Crippen LogP contribution in [-0.4, -0.2) is 25.0 Å². The van der Waals surface area contributed by atoms with Crippen molar-refractivity contribution in [2.75, 3.05) is 20.1 Å². The summed E-state index contributed by atoms with van der Waals surface area (Å²) in [6, 6.07) is 0. The van der Waals surface area contributed by atoms with Gasteiger partial charge in [0.25, 0.3) is 0 Å². The Balaban J connectivity index is 3.18. The van der Waals surface area contributed by atoms with Crippen LogP contribution < -0.4 is 0 Å². The summed E-state index contributed by atoms with van der Waals surface area (Å²) >= 11 is 0. The molecule has 0 amide bonds. The fourth-order valence-electron chi connectivity index (χ4n) is 0.865. The maximum absolute atomic E-state index is 3.05. The van der Waals surface area contributed by atoms with Crippen LogP contribution >= 0.6 is 0 Å². The van der Waals surface area contributed by atoms with Crippen LogP contribution in [0.4, 0.5) is 0 Å². The first-order chi connectivity index (χ1) is 4.81. The van der Waals surface area contributed by atoms with Crippen LogP contribution in [0.3, 0.4) is 0 Å². The molecule has 0 N–H and O–H groups in total. The van der Waals surface area contributed by atoms with Crippen LogP contribution in [0.1, 0.15) is 26.7 Å². The maximum Gasteiger partial charge on any atom is 0.0216 e. The van der Waals surface area contributed by atoms with Crippen LogP contribution in [-0.2, 0) is 0 Å². The van der Waals surface area contributed by atoms with Crippen LogP contribution in [0.5, 0.6) is 0 Å². The highest BCUT2D eigenvalue weighted by molar-refractivity contribution is 4.95. The van der Waals surface area contributed by atoms with Crippen molar-refractivity contribution in [2.45, 2.75) is 26.7 Å². The molecular formula is C9H17N. The maximum atomic E-state index is 3.05. The molecule has 0 fully saturated rings. The molecule has 0 atom stereocenters. The summed E-state index contributed by atoms with van der Waals surface area (Å²) < 4.78 is 0. The molecule has 10 heavy (non-hydrogen) atoms. The Labute approximate surface area is 64.4 Å². The van der Waals surface area contributed by atoms with Crippen molar-refractivity contribution in [1.29, 1.82) is 0 Å². The lowest BCUT2D eigenvalue weighted by Gasteiger charge is -2.12. The predicted octanol–water partition coefficient (Wildman–Crippen LogP) is 1.74. The monoisotopic (exact) mass is 139 g/mol. The summed E-state index contributed by atoms with van der Waals surface area (Å²) in [7, 11) is 2.14. The first kappa shape index (κ1) is 9.52. The van der Waals surface area contributed by atoms with E-state index in [1.807, 2.05) is 6.92 Å². The highest BCUT2D eigenvalue weighted by Gasteiger charge is 1.91. The largest absolute Gasteiger partial charge is 0.305 e. The second kappa shape index (κ2) is 6.64. The Kier molecular flexibility index (Phi) is 6.32. The first-order valence-corrected chi connectivity index (χ1v) is 3.89. The van der Waals surface area contributed by atoms with Crippen molar-refractivity contribution in [3.8, 4) is 11.8 Å². The fraction of sp³-hybridized carbons (Fsp3) is 0.778. The van der Waals surface area contributed by atoms with Gasteiger partial charge in [0.05, 0.1) is 0 Å². The van der Waals surface area contributed by atoms with E-state index < -0.39 is 0 Å². The smallest absolute Gasteiger partial charge is 0.0216 e. The Morgan fingerprint density at radius 3 is 2.50 bits per heavy atom. The topological polar surface area (TPSA) is 3.24 Å². The molecule has 0 aliphatic heterocycles. The van der Waals surface area contributed by atoms with Gasteiger partial charge in [0, 0.05) is 13.0 Å². The molecule has 0 radical (unpaired) electrons. The molecule has 0 aliphatic rings. The second-order valence-electron chi connectivity index (χ2n) is 2.48. The summed E-state index contributed by atoms with van der Waals surface area (Å²) in [4.78, 5) is 2.31. The molecule has 1 nitrogen and oxygen atoms in total. The summed E-state index contributed by atoms with van der Waals surface area (Å²) in [5.41, 5.74) is 0. The molecule has 0 heterocycles. The molecule has 0 aliphatic carbocycles. The molecule has 0 spiro atoms. The highest BCUT2D eigenvalue weighted by atomic mass is 15.1. The lowest BCUT2D eigenvalue weighted by atomic mass is 10.3. The standard InChI is InChI=1S/C9H17N/c1-4-6-7-9-10(3)8-5-2/h5,7-9H2,1-3H3. The molecule has 1 heteroatoms. The van der Waals surface area contributed by atoms with Gasteiger partial charge in [-0.15, -0.1) is 11.8 Å². The molecular weight excluding hydrogens is 122 g/mol. The van der Waals surface area contributed by atoms with E-state index in [1.165, 1.54) is 13.0 Å². The van der Waals surface area contributed by atoms with Crippen molar-refractivity contribution in [3.05, 3.63) is 0 Å². The van der Waals surface area contributed by atoms with Crippen LogP contribution in [0.15, 0.2) is 0 Å². The van der Waals surface area contributed by atoms with Gasteiger partial charge in [-0.25, -0.2) is 0 Å². The average molecular weight is 139 g/mol. The molecule has 0 unspecified atom stereocenters. The van der Waals surface area contributed by atoms with Gasteiger partial charge in [-0.05, 0) is 26.9 Å². The van der Waals surface area contributed by atoms with Crippen molar-refractivity contribution in [3.63, 3.8) is 0 Å². The third-order valence-corrected chi connectivity index (χ3v) is 1.40. The zero-order valence-corrected chi connectivity index (χ0v) is 7.28. The third kappa shape index (κ3) is 5.65. The zero-order valence-electron chi connectivity index (χ0n) is 7.28. The third-order valence-electron chi connectivity index (χ3n) is 1.40. The van der Waals surface area contributed by atoms with Gasteiger partial charge >= 0.3 is 0 Å². The Morgan fingerprint density at radius 1 is 1.30 bits per heavy atom. The van der Waals surface area contributed by atoms with E-state index in [0.29, 0.717) is 0 Å². The van der Waals surface area contributed by atoms with E-state index in [0.717, 1.165) is 13.0 Å². The van der Waals surface area contributed by atoms with Gasteiger partial charge in [-0.1, -0.05) is 6.92 Å². The van der Waals surface area contributed by atoms with E-state index in [9.17, 15) is 0 Å². The second-order valence-corrected chi connectivity index (χ2v) is 2.48. The minimum absolute atomic E-state index is 1.01. The molecule has 58 valence electrons. The fourth-order valence-corrected chi connectivity index (χ4v) is 0.865. The predicted molar refractivity (Wildman–Crippen MR) is 45.9 cm³/mol. The minimum Gasteiger partial charge on any atom is -0.305 e. The van der Waals surface area contributed by atoms with Crippen LogP contribution in [0, 0.1) is 11.8 Å². The number of rotatable bonds is 4. The highest BCUT2D eigenvalue weighted by Crippen LogP contribution is 1.87. The summed E-state index contributed by atoms with van der Waals surface area (Å²) in [6.45, 7) is 6.38. The van der Waals surface area contributed by atoms with Crippen molar-refractivity contribution in [2.24, 2.45) is 0 Å². The van der Waals surface area contributed by atoms with Gasteiger partial charge in [0.15, 0.2) is 0 Å². The molecule has 0 aromatic rings. The first-order valence-electron chi connectivity index (χ1n) is 3.89. The van der Waals surface area contributed by atoms with E-state index in [-0.39, 0.29) is 0 Å². The SMILES string of the molecule is CC#CCCN(C)CCC. The van der Waals surface area contributed by atoms with Gasteiger partial charge < -0.3 is 4.90 Å². The van der Waals surface area contributed by atoms with Crippen molar-refractivity contribution >= 4 is 0 Å². The van der Waals surface area contributed by atoms with Crippen molar-refractivity contribution in [1.82, 2.24) is 4.90 Å². The van der Waals surface area contributed by atoms with Crippen LogP contribution in [0.2, 0.25) is 0 Å². The van der Waals surface area contributed by atoms with Gasteiger partial charge in [0.1, 0.15) is 0 Å². The van der Waals surface area contributed by atoms with E-state index in [1.54, 1.807) is 0 Å². The van der Waals surface area contributed by atoms with Gasteiger partial charge in [0.2, 0.25) is 0 Å². The van der Waals surface area contributed by atoms with Gasteiger partial charge in [-0.3, -0.25) is 0 Å². The molecule has 0 aromatic heterocycles. The number of hydrogen-bond donors (Lipinski definition) is 0. The van der Waals surface area contributed by atoms with E-state index >= 15 is 0 Å². The lowest BCUT2D eigenvalue weighted by molar-refractivity contribution is 0.343. The van der Waals surface area contributed by atoms with Crippen molar-refractivity contribution < 1.29 is 0 Å². The Hall–Kier alpha value is -0.480. The quantitative estimate of drug-likeness (QED) is 0.536. The lowest BCUT2D eigenvalue weighted by Crippen LogP contribution is -2.19. The molecule has 0 rings (SSSR count). The normalized spacial score (nSPS) is 9.20. The summed E-state index contributed by atoms with van der Waals surface area (Å²) in [5.74, 6) is 5.93. The Morgan fingerprint density at radius 2 is 2.00 bits per heavy atom. The van der Waals surface area contributed by atoms with Gasteiger partial charge in [-0.2, -0.15) is 0 Å². The molecule has 0 bridgehead atoms. The summed E-state index contributed by atoms with van der Waals surface area (Å²) in [6.07, 6.45) is 2.24. The van der Waals surface area contributed by atoms with E-state index in [4.69, 9.17) is 0 Å². The minimum atomic E-state index is 1.01. The molecule has 0 saturated carbocycles. The summed E-state index contributed by atoms with van der Waals surface area (Å²) in [5, 5.41) is 0. The Bertz CT molecular complexity index is 118. The molecule has 0 aromatic carbocycles. The number of hydrogen-bond acceptors (Lipinski definition) is 1. The number of nitrogens with zero attached hydrogens (tertiary/aromatic N) is 1. The zero-order chi connectivity index (χ0) is 7.82. The molecule has 0 saturated heterocycles. The average Bonchev–Trinajstić information content (AvgIpc) is 1.89. The van der Waals surface area contributed by atoms with Crippen LogP contribution in [0.25, 0.3) is 0 Å².